The zero-order chi connectivity index (χ0) is 12.7. The maximum absolute atomic E-state index is 10.6. The maximum Gasteiger partial charge on any atom is 0.216 e. The van der Waals surface area contributed by atoms with Gasteiger partial charge in [-0.3, -0.25) is 4.79 Å². The molecule has 0 aliphatic carbocycles. The van der Waals surface area contributed by atoms with Gasteiger partial charge >= 0.3 is 0 Å². The summed E-state index contributed by atoms with van der Waals surface area (Å²) in [5, 5.41) is 12.5. The van der Waals surface area contributed by atoms with E-state index in [0.717, 1.165) is 6.42 Å². The highest BCUT2D eigenvalue weighted by Crippen LogP contribution is 2.30. The Kier molecular flexibility index (Phi) is 5.07. The zero-order valence-electron chi connectivity index (χ0n) is 10.1. The van der Waals surface area contributed by atoms with Crippen LogP contribution in [-0.4, -0.2) is 24.7 Å². The number of ether oxygens (including phenoxy) is 1. The zero-order valence-corrected chi connectivity index (χ0v) is 10.1. The van der Waals surface area contributed by atoms with Gasteiger partial charge in [0.15, 0.2) is 11.5 Å². The van der Waals surface area contributed by atoms with E-state index in [1.165, 1.54) is 14.0 Å². The van der Waals surface area contributed by atoms with Gasteiger partial charge in [-0.05, 0) is 12.5 Å². The average molecular weight is 235 g/mol. The molecule has 0 unspecified atom stereocenters. The fraction of sp³-hybridized carbons (Fsp3) is 0.308. The molecule has 17 heavy (non-hydrogen) atoms. The molecule has 1 amide bonds. The van der Waals surface area contributed by atoms with E-state index in [4.69, 9.17) is 4.74 Å². The topological polar surface area (TPSA) is 58.6 Å². The number of carbonyl (C=O) groups excluding carboxylic acids is 1. The van der Waals surface area contributed by atoms with Crippen molar-refractivity contribution in [2.24, 2.45) is 0 Å². The van der Waals surface area contributed by atoms with Crippen LogP contribution in [0.3, 0.4) is 0 Å². The normalized spacial score (nSPS) is 10.5. The Morgan fingerprint density at radius 2 is 2.29 bits per heavy atom. The van der Waals surface area contributed by atoms with Gasteiger partial charge in [0.2, 0.25) is 5.91 Å². The molecule has 1 aromatic carbocycles. The number of rotatable bonds is 5. The molecule has 0 saturated heterocycles. The molecular formula is C13H17NO3. The molecule has 2 N–H and O–H groups in total. The van der Waals surface area contributed by atoms with Gasteiger partial charge in [0, 0.05) is 19.0 Å². The first-order valence-electron chi connectivity index (χ1n) is 5.42. The molecule has 4 nitrogen and oxygen atoms in total. The number of amides is 1. The Labute approximate surface area is 101 Å². The SMILES string of the molecule is COc1cccc(C=CCCNC(C)=O)c1O. The van der Waals surface area contributed by atoms with Crippen molar-refractivity contribution in [2.45, 2.75) is 13.3 Å². The third-order valence-electron chi connectivity index (χ3n) is 2.23. The summed E-state index contributed by atoms with van der Waals surface area (Å²) in [6.07, 6.45) is 4.42. The molecule has 0 spiro atoms. The number of phenolic OH excluding ortho intramolecular Hbond substituents is 1. The van der Waals surface area contributed by atoms with Crippen molar-refractivity contribution in [1.82, 2.24) is 5.32 Å². The molecular weight excluding hydrogens is 218 g/mol. The van der Waals surface area contributed by atoms with E-state index >= 15 is 0 Å². The summed E-state index contributed by atoms with van der Waals surface area (Å²) in [7, 11) is 1.51. The minimum Gasteiger partial charge on any atom is -0.504 e. The summed E-state index contributed by atoms with van der Waals surface area (Å²) in [6, 6.07) is 5.31. The lowest BCUT2D eigenvalue weighted by molar-refractivity contribution is -0.118. The summed E-state index contributed by atoms with van der Waals surface area (Å²) in [6.45, 7) is 2.08. The lowest BCUT2D eigenvalue weighted by Crippen LogP contribution is -2.20. The summed E-state index contributed by atoms with van der Waals surface area (Å²) >= 11 is 0. The largest absolute Gasteiger partial charge is 0.504 e. The number of aromatic hydroxyl groups is 1. The quantitative estimate of drug-likeness (QED) is 0.767. The smallest absolute Gasteiger partial charge is 0.216 e. The summed E-state index contributed by atoms with van der Waals surface area (Å²) in [5.74, 6) is 0.544. The molecule has 0 fully saturated rings. The molecule has 0 aliphatic rings. The van der Waals surface area contributed by atoms with E-state index < -0.39 is 0 Å². The van der Waals surface area contributed by atoms with Crippen molar-refractivity contribution in [3.63, 3.8) is 0 Å². The van der Waals surface area contributed by atoms with Gasteiger partial charge in [-0.15, -0.1) is 0 Å². The highest BCUT2D eigenvalue weighted by molar-refractivity contribution is 5.72. The Morgan fingerprint density at radius 1 is 1.53 bits per heavy atom. The van der Waals surface area contributed by atoms with Gasteiger partial charge < -0.3 is 15.2 Å². The molecule has 0 aliphatic heterocycles. The van der Waals surface area contributed by atoms with Gasteiger partial charge in [0.25, 0.3) is 0 Å². The van der Waals surface area contributed by atoms with Crippen LogP contribution in [0, 0.1) is 0 Å². The third-order valence-corrected chi connectivity index (χ3v) is 2.23. The van der Waals surface area contributed by atoms with E-state index in [9.17, 15) is 9.90 Å². The maximum atomic E-state index is 10.6. The number of hydrogen-bond donors (Lipinski definition) is 2. The first kappa shape index (κ1) is 13.1. The number of carbonyl (C=O) groups is 1. The van der Waals surface area contributed by atoms with E-state index in [2.05, 4.69) is 5.32 Å². The van der Waals surface area contributed by atoms with E-state index in [-0.39, 0.29) is 11.7 Å². The fourth-order valence-corrected chi connectivity index (χ4v) is 1.38. The van der Waals surface area contributed by atoms with Crippen molar-refractivity contribution >= 4 is 12.0 Å². The second-order valence-electron chi connectivity index (χ2n) is 3.57. The van der Waals surface area contributed by atoms with Gasteiger partial charge in [0.1, 0.15) is 0 Å². The van der Waals surface area contributed by atoms with Gasteiger partial charge in [0.05, 0.1) is 7.11 Å². The molecule has 0 radical (unpaired) electrons. The molecule has 0 atom stereocenters. The Bertz CT molecular complexity index is 413. The van der Waals surface area contributed by atoms with Crippen LogP contribution in [0.2, 0.25) is 0 Å². The Hall–Kier alpha value is -1.97. The molecule has 0 aromatic heterocycles. The molecule has 92 valence electrons. The van der Waals surface area contributed by atoms with Gasteiger partial charge in [-0.25, -0.2) is 0 Å². The Morgan fingerprint density at radius 3 is 2.94 bits per heavy atom. The van der Waals surface area contributed by atoms with Crippen LogP contribution < -0.4 is 10.1 Å². The number of methoxy groups -OCH3 is 1. The van der Waals surface area contributed by atoms with Gasteiger partial charge in [-0.1, -0.05) is 24.3 Å². The van der Waals surface area contributed by atoms with E-state index in [0.29, 0.717) is 17.9 Å². The molecule has 0 saturated carbocycles. The van der Waals surface area contributed by atoms with Crippen molar-refractivity contribution in [3.8, 4) is 11.5 Å². The van der Waals surface area contributed by atoms with Crippen LogP contribution in [-0.2, 0) is 4.79 Å². The molecule has 0 bridgehead atoms. The lowest BCUT2D eigenvalue weighted by atomic mass is 10.1. The van der Waals surface area contributed by atoms with Crippen LogP contribution in [0.15, 0.2) is 24.3 Å². The second kappa shape index (κ2) is 6.58. The first-order valence-corrected chi connectivity index (χ1v) is 5.42. The highest BCUT2D eigenvalue weighted by atomic mass is 16.5. The monoisotopic (exact) mass is 235 g/mol. The highest BCUT2D eigenvalue weighted by Gasteiger charge is 2.03. The van der Waals surface area contributed by atoms with Crippen LogP contribution in [0.5, 0.6) is 11.5 Å². The predicted octanol–water partition coefficient (Wildman–Crippen LogP) is 1.94. The molecule has 1 rings (SSSR count). The first-order chi connectivity index (χ1) is 8.15. The molecule has 0 heterocycles. The van der Waals surface area contributed by atoms with Crippen molar-refractivity contribution < 1.29 is 14.6 Å². The minimum atomic E-state index is -0.0392. The number of hydrogen-bond acceptors (Lipinski definition) is 3. The fourth-order valence-electron chi connectivity index (χ4n) is 1.38. The number of phenols is 1. The van der Waals surface area contributed by atoms with E-state index in [1.54, 1.807) is 18.2 Å². The van der Waals surface area contributed by atoms with Crippen molar-refractivity contribution in [1.29, 1.82) is 0 Å². The predicted molar refractivity (Wildman–Crippen MR) is 67.0 cm³/mol. The number of nitrogens with one attached hydrogen (secondary N) is 1. The summed E-state index contributed by atoms with van der Waals surface area (Å²) in [5.41, 5.74) is 0.701. The van der Waals surface area contributed by atoms with Gasteiger partial charge in [-0.2, -0.15) is 0 Å². The number of benzene rings is 1. The lowest BCUT2D eigenvalue weighted by Gasteiger charge is -2.05. The van der Waals surface area contributed by atoms with Crippen LogP contribution >= 0.6 is 0 Å². The summed E-state index contributed by atoms with van der Waals surface area (Å²) < 4.78 is 5.00. The number of para-hydroxylation sites is 1. The van der Waals surface area contributed by atoms with Crippen LogP contribution in [0.4, 0.5) is 0 Å². The van der Waals surface area contributed by atoms with Crippen molar-refractivity contribution in [3.05, 3.63) is 29.8 Å². The standard InChI is InChI=1S/C13H17NO3/c1-10(15)14-9-4-3-6-11-7-5-8-12(17-2)13(11)16/h3,5-8,16H,4,9H2,1-2H3,(H,14,15). The summed E-state index contributed by atoms with van der Waals surface area (Å²) in [4.78, 5) is 10.6. The third kappa shape index (κ3) is 4.18. The molecule has 4 heteroatoms. The van der Waals surface area contributed by atoms with Crippen LogP contribution in [0.25, 0.3) is 6.08 Å². The second-order valence-corrected chi connectivity index (χ2v) is 3.57. The van der Waals surface area contributed by atoms with E-state index in [1.807, 2.05) is 12.1 Å². The van der Waals surface area contributed by atoms with Crippen LogP contribution in [0.1, 0.15) is 18.9 Å². The average Bonchev–Trinajstić information content (AvgIpc) is 2.30. The molecule has 1 aromatic rings. The van der Waals surface area contributed by atoms with Crippen molar-refractivity contribution in [2.75, 3.05) is 13.7 Å². The minimum absolute atomic E-state index is 0.0392. The Balaban J connectivity index is 2.56.